The molecule has 0 atom stereocenters. The summed E-state index contributed by atoms with van der Waals surface area (Å²) in [5, 5.41) is 3.24. The van der Waals surface area contributed by atoms with Crippen LogP contribution in [-0.4, -0.2) is 10.9 Å². The Morgan fingerprint density at radius 3 is 2.76 bits per heavy atom. The lowest BCUT2D eigenvalue weighted by molar-refractivity contribution is 0.383. The molecule has 1 aliphatic rings. The van der Waals surface area contributed by atoms with Crippen LogP contribution in [-0.2, 0) is 24.8 Å². The minimum Gasteiger partial charge on any atom is -0.443 e. The molecule has 3 rings (SSSR count). The van der Waals surface area contributed by atoms with E-state index >= 15 is 0 Å². The molecule has 1 aliphatic carbocycles. The predicted octanol–water partition coefficient (Wildman–Crippen LogP) is 4.40. The largest absolute Gasteiger partial charge is 0.443 e. The fourth-order valence-corrected chi connectivity index (χ4v) is 2.96. The number of benzene rings is 1. The molecule has 0 fully saturated rings. The van der Waals surface area contributed by atoms with Crippen molar-refractivity contribution in [3.05, 3.63) is 47.2 Å². The summed E-state index contributed by atoms with van der Waals surface area (Å²) in [6.07, 6.45) is 6.51. The van der Waals surface area contributed by atoms with Gasteiger partial charge in [-0.15, -0.1) is 24.0 Å². The van der Waals surface area contributed by atoms with Gasteiger partial charge in [-0.1, -0.05) is 32.9 Å². The Labute approximate surface area is 166 Å². The molecule has 5 nitrogen and oxygen atoms in total. The second kappa shape index (κ2) is 8.21. The Bertz CT molecular complexity index is 746. The number of anilines is 1. The number of hydrogen-bond donors (Lipinski definition) is 2. The van der Waals surface area contributed by atoms with Crippen molar-refractivity contribution in [1.82, 2.24) is 4.98 Å². The molecular weight excluding hydrogens is 427 g/mol. The third kappa shape index (κ3) is 4.96. The molecule has 3 N–H and O–H groups in total. The maximum Gasteiger partial charge on any atom is 0.216 e. The summed E-state index contributed by atoms with van der Waals surface area (Å²) in [5.74, 6) is 1.83. The molecule has 0 aliphatic heterocycles. The third-order valence-electron chi connectivity index (χ3n) is 4.34. The van der Waals surface area contributed by atoms with Crippen LogP contribution in [0.2, 0.25) is 0 Å². The van der Waals surface area contributed by atoms with E-state index in [9.17, 15) is 0 Å². The SMILES string of the molecule is CC(C)(C)c1cnc(CN=C(N)Nc2cccc3c2CCCC3)o1.I. The van der Waals surface area contributed by atoms with E-state index in [1.165, 1.54) is 24.0 Å². The van der Waals surface area contributed by atoms with Crippen LogP contribution in [0, 0.1) is 0 Å². The zero-order valence-corrected chi connectivity index (χ0v) is 17.5. The van der Waals surface area contributed by atoms with Crippen LogP contribution < -0.4 is 11.1 Å². The average Bonchev–Trinajstić information content (AvgIpc) is 3.03. The number of aryl methyl sites for hydroxylation is 1. The first-order chi connectivity index (χ1) is 11.4. The maximum atomic E-state index is 6.05. The molecule has 0 spiro atoms. The van der Waals surface area contributed by atoms with E-state index in [0.29, 0.717) is 18.4 Å². The highest BCUT2D eigenvalue weighted by molar-refractivity contribution is 14.0. The van der Waals surface area contributed by atoms with Crippen molar-refractivity contribution in [1.29, 1.82) is 0 Å². The fraction of sp³-hybridized carbons (Fsp3) is 0.474. The van der Waals surface area contributed by atoms with Gasteiger partial charge < -0.3 is 15.5 Å². The number of rotatable bonds is 3. The van der Waals surface area contributed by atoms with E-state index in [4.69, 9.17) is 10.2 Å². The van der Waals surface area contributed by atoms with Crippen molar-refractivity contribution in [3.8, 4) is 0 Å². The molecule has 1 aromatic heterocycles. The van der Waals surface area contributed by atoms with Gasteiger partial charge in [-0.05, 0) is 42.9 Å². The topological polar surface area (TPSA) is 76.4 Å². The molecule has 0 bridgehead atoms. The van der Waals surface area contributed by atoms with Crippen molar-refractivity contribution >= 4 is 35.6 Å². The van der Waals surface area contributed by atoms with Gasteiger partial charge in [0.2, 0.25) is 5.89 Å². The maximum absolute atomic E-state index is 6.05. The molecule has 0 radical (unpaired) electrons. The lowest BCUT2D eigenvalue weighted by Crippen LogP contribution is -2.24. The number of nitrogens with zero attached hydrogens (tertiary/aromatic N) is 2. The van der Waals surface area contributed by atoms with Crippen LogP contribution in [0.4, 0.5) is 5.69 Å². The molecular formula is C19H27IN4O. The van der Waals surface area contributed by atoms with Gasteiger partial charge >= 0.3 is 0 Å². The quantitative estimate of drug-likeness (QED) is 0.410. The summed E-state index contributed by atoms with van der Waals surface area (Å²) in [6, 6.07) is 6.34. The first kappa shape index (κ1) is 19.8. The van der Waals surface area contributed by atoms with Crippen LogP contribution in [0.3, 0.4) is 0 Å². The van der Waals surface area contributed by atoms with Gasteiger partial charge in [0.25, 0.3) is 0 Å². The van der Waals surface area contributed by atoms with E-state index in [-0.39, 0.29) is 29.4 Å². The van der Waals surface area contributed by atoms with Gasteiger partial charge in [-0.25, -0.2) is 9.98 Å². The van der Waals surface area contributed by atoms with Crippen LogP contribution in [0.25, 0.3) is 0 Å². The normalized spacial score (nSPS) is 14.6. The molecule has 2 aromatic rings. The van der Waals surface area contributed by atoms with Crippen molar-refractivity contribution in [3.63, 3.8) is 0 Å². The molecule has 1 heterocycles. The van der Waals surface area contributed by atoms with Crippen molar-refractivity contribution in [2.45, 2.75) is 58.4 Å². The minimum atomic E-state index is -0.0537. The summed E-state index contributed by atoms with van der Waals surface area (Å²) in [5.41, 5.74) is 9.85. The Hall–Kier alpha value is -1.57. The van der Waals surface area contributed by atoms with Crippen molar-refractivity contribution in [2.75, 3.05) is 5.32 Å². The number of fused-ring (bicyclic) bond motifs is 1. The van der Waals surface area contributed by atoms with Crippen LogP contribution in [0.15, 0.2) is 33.8 Å². The van der Waals surface area contributed by atoms with Crippen LogP contribution in [0.1, 0.15) is 56.4 Å². The van der Waals surface area contributed by atoms with Gasteiger partial charge in [-0.3, -0.25) is 0 Å². The molecule has 0 unspecified atom stereocenters. The summed E-state index contributed by atoms with van der Waals surface area (Å²) >= 11 is 0. The Morgan fingerprint density at radius 2 is 2.04 bits per heavy atom. The van der Waals surface area contributed by atoms with E-state index in [1.54, 1.807) is 6.20 Å². The van der Waals surface area contributed by atoms with Crippen LogP contribution in [0.5, 0.6) is 0 Å². The number of nitrogens with one attached hydrogen (secondary N) is 1. The van der Waals surface area contributed by atoms with Gasteiger partial charge in [0.1, 0.15) is 12.3 Å². The Balaban J connectivity index is 0.00000225. The molecule has 0 saturated heterocycles. The number of hydrogen-bond acceptors (Lipinski definition) is 3. The second-order valence-corrected chi connectivity index (χ2v) is 7.35. The van der Waals surface area contributed by atoms with E-state index in [0.717, 1.165) is 24.3 Å². The number of guanidine groups is 1. The van der Waals surface area contributed by atoms with Crippen molar-refractivity contribution < 1.29 is 4.42 Å². The first-order valence-electron chi connectivity index (χ1n) is 8.56. The van der Waals surface area contributed by atoms with Gasteiger partial charge in [0.15, 0.2) is 5.96 Å². The number of oxazole rings is 1. The number of aliphatic imine (C=N–C) groups is 1. The molecule has 1 aromatic carbocycles. The molecule has 6 heteroatoms. The summed E-state index contributed by atoms with van der Waals surface area (Å²) in [4.78, 5) is 8.64. The smallest absolute Gasteiger partial charge is 0.216 e. The summed E-state index contributed by atoms with van der Waals surface area (Å²) < 4.78 is 5.74. The van der Waals surface area contributed by atoms with Crippen LogP contribution >= 0.6 is 24.0 Å². The van der Waals surface area contributed by atoms with E-state index in [1.807, 2.05) is 0 Å². The summed E-state index contributed by atoms with van der Waals surface area (Å²) in [6.45, 7) is 6.61. The first-order valence-corrected chi connectivity index (χ1v) is 8.56. The number of nitrogens with two attached hydrogens (primary N) is 1. The predicted molar refractivity (Wildman–Crippen MR) is 113 cm³/mol. The standard InChI is InChI=1S/C19H26N4O.HI/c1-19(2,3)16-11-21-17(24-16)12-22-18(20)23-15-10-6-8-13-7-4-5-9-14(13)15;/h6,8,10-11H,4-5,7,9,12H2,1-3H3,(H3,20,22,23);1H. The average molecular weight is 454 g/mol. The molecule has 25 heavy (non-hydrogen) atoms. The number of halogens is 1. The van der Waals surface area contributed by atoms with Crippen molar-refractivity contribution in [2.24, 2.45) is 10.7 Å². The fourth-order valence-electron chi connectivity index (χ4n) is 2.96. The molecule has 136 valence electrons. The molecule has 0 amide bonds. The highest BCUT2D eigenvalue weighted by atomic mass is 127. The Kier molecular flexibility index (Phi) is 6.48. The third-order valence-corrected chi connectivity index (χ3v) is 4.34. The monoisotopic (exact) mass is 454 g/mol. The second-order valence-electron chi connectivity index (χ2n) is 7.35. The lowest BCUT2D eigenvalue weighted by Gasteiger charge is -2.19. The van der Waals surface area contributed by atoms with Gasteiger partial charge in [-0.2, -0.15) is 0 Å². The van der Waals surface area contributed by atoms with E-state index in [2.05, 4.69) is 54.3 Å². The zero-order chi connectivity index (χ0) is 17.2. The lowest BCUT2D eigenvalue weighted by atomic mass is 9.90. The molecule has 0 saturated carbocycles. The Morgan fingerprint density at radius 1 is 1.28 bits per heavy atom. The van der Waals surface area contributed by atoms with Gasteiger partial charge in [0, 0.05) is 11.1 Å². The number of aromatic nitrogens is 1. The minimum absolute atomic E-state index is 0. The highest BCUT2D eigenvalue weighted by Crippen LogP contribution is 2.27. The van der Waals surface area contributed by atoms with Gasteiger partial charge in [0.05, 0.1) is 6.20 Å². The van der Waals surface area contributed by atoms with E-state index < -0.39 is 0 Å². The summed E-state index contributed by atoms with van der Waals surface area (Å²) in [7, 11) is 0. The highest BCUT2D eigenvalue weighted by Gasteiger charge is 2.19. The zero-order valence-electron chi connectivity index (χ0n) is 15.1.